The summed E-state index contributed by atoms with van der Waals surface area (Å²) in [6, 6.07) is 14.5. The highest BCUT2D eigenvalue weighted by atomic mass is 16.5. The van der Waals surface area contributed by atoms with E-state index in [-0.39, 0.29) is 6.10 Å². The first-order valence-corrected chi connectivity index (χ1v) is 12.5. The van der Waals surface area contributed by atoms with E-state index in [1.165, 1.54) is 18.4 Å². The zero-order valence-electron chi connectivity index (χ0n) is 20.2. The molecule has 1 amide bonds. The first-order chi connectivity index (χ1) is 16.1. The van der Waals surface area contributed by atoms with Gasteiger partial charge in [0, 0.05) is 51.9 Å². The van der Waals surface area contributed by atoms with E-state index in [1.54, 1.807) is 0 Å². The summed E-state index contributed by atoms with van der Waals surface area (Å²) >= 11 is 0. The number of likely N-dealkylation sites (tertiary alicyclic amines) is 1. The van der Waals surface area contributed by atoms with Crippen LogP contribution < -0.4 is 9.64 Å². The fourth-order valence-corrected chi connectivity index (χ4v) is 4.95. The van der Waals surface area contributed by atoms with E-state index < -0.39 is 0 Å². The second-order valence-electron chi connectivity index (χ2n) is 9.65. The Bertz CT molecular complexity index is 863. The molecule has 33 heavy (non-hydrogen) atoms. The number of carbonyl (C=O) groups is 1. The molecule has 6 heteroatoms. The van der Waals surface area contributed by atoms with Crippen molar-refractivity contribution in [3.63, 3.8) is 0 Å². The van der Waals surface area contributed by atoms with Crippen molar-refractivity contribution in [1.29, 1.82) is 0 Å². The molecule has 6 nitrogen and oxygen atoms in total. The lowest BCUT2D eigenvalue weighted by atomic mass is 9.92. The van der Waals surface area contributed by atoms with Gasteiger partial charge >= 0.3 is 0 Å². The zero-order valence-corrected chi connectivity index (χ0v) is 20.2. The number of hydrogen-bond acceptors (Lipinski definition) is 5. The Kier molecular flexibility index (Phi) is 8.21. The lowest BCUT2D eigenvalue weighted by molar-refractivity contribution is -0.131. The number of benzene rings is 1. The van der Waals surface area contributed by atoms with Gasteiger partial charge in [-0.2, -0.15) is 0 Å². The maximum atomic E-state index is 12.8. The topological polar surface area (TPSA) is 48.9 Å². The van der Waals surface area contributed by atoms with E-state index in [9.17, 15) is 4.79 Å². The lowest BCUT2D eigenvalue weighted by Crippen LogP contribution is -2.49. The van der Waals surface area contributed by atoms with Crippen LogP contribution in [0, 0.1) is 5.92 Å². The summed E-state index contributed by atoms with van der Waals surface area (Å²) in [4.78, 5) is 24.1. The van der Waals surface area contributed by atoms with Crippen molar-refractivity contribution in [1.82, 2.24) is 14.8 Å². The van der Waals surface area contributed by atoms with E-state index in [4.69, 9.17) is 4.74 Å². The molecule has 1 aromatic heterocycles. The molecule has 1 unspecified atom stereocenters. The minimum atomic E-state index is 0.200. The predicted molar refractivity (Wildman–Crippen MR) is 132 cm³/mol. The van der Waals surface area contributed by atoms with E-state index >= 15 is 0 Å². The van der Waals surface area contributed by atoms with Gasteiger partial charge in [-0.1, -0.05) is 18.2 Å². The van der Waals surface area contributed by atoms with Crippen molar-refractivity contribution in [2.24, 2.45) is 5.92 Å². The van der Waals surface area contributed by atoms with Crippen LogP contribution in [0.1, 0.15) is 45.1 Å². The van der Waals surface area contributed by atoms with Gasteiger partial charge in [0.05, 0.1) is 6.10 Å². The molecule has 3 heterocycles. The Morgan fingerprint density at radius 2 is 1.85 bits per heavy atom. The molecule has 0 bridgehead atoms. The van der Waals surface area contributed by atoms with Gasteiger partial charge in [0.15, 0.2) is 0 Å². The Morgan fingerprint density at radius 1 is 1.06 bits per heavy atom. The number of anilines is 1. The first kappa shape index (κ1) is 23.6. The van der Waals surface area contributed by atoms with E-state index in [0.717, 1.165) is 63.8 Å². The van der Waals surface area contributed by atoms with Crippen LogP contribution in [0.25, 0.3) is 0 Å². The molecule has 0 N–H and O–H groups in total. The number of amides is 1. The van der Waals surface area contributed by atoms with Crippen molar-refractivity contribution in [3.8, 4) is 5.75 Å². The number of hydrogen-bond donors (Lipinski definition) is 0. The lowest BCUT2D eigenvalue weighted by Gasteiger charge is -2.36. The Morgan fingerprint density at radius 3 is 2.55 bits per heavy atom. The summed E-state index contributed by atoms with van der Waals surface area (Å²) in [6.07, 6.45) is 6.15. The molecule has 2 saturated heterocycles. The van der Waals surface area contributed by atoms with Crippen LogP contribution in [0.3, 0.4) is 0 Å². The average molecular weight is 451 g/mol. The van der Waals surface area contributed by atoms with Crippen LogP contribution in [0.5, 0.6) is 5.75 Å². The molecule has 0 spiro atoms. The Labute approximate surface area is 198 Å². The monoisotopic (exact) mass is 450 g/mol. The van der Waals surface area contributed by atoms with Crippen molar-refractivity contribution in [2.45, 2.75) is 52.2 Å². The van der Waals surface area contributed by atoms with Crippen molar-refractivity contribution in [3.05, 3.63) is 54.2 Å². The molecule has 2 fully saturated rings. The summed E-state index contributed by atoms with van der Waals surface area (Å²) < 4.78 is 5.75. The van der Waals surface area contributed by atoms with Crippen molar-refractivity contribution >= 4 is 11.7 Å². The van der Waals surface area contributed by atoms with Gasteiger partial charge in [0.1, 0.15) is 11.6 Å². The third-order valence-corrected chi connectivity index (χ3v) is 6.68. The Balaban J connectivity index is 1.18. The average Bonchev–Trinajstić information content (AvgIpc) is 2.84. The highest BCUT2D eigenvalue weighted by Crippen LogP contribution is 2.24. The molecule has 2 aromatic rings. The molecule has 1 atom stereocenters. The fourth-order valence-electron chi connectivity index (χ4n) is 4.95. The number of ether oxygens (including phenoxy) is 1. The highest BCUT2D eigenvalue weighted by Gasteiger charge is 2.24. The van der Waals surface area contributed by atoms with Gasteiger partial charge in [-0.15, -0.1) is 0 Å². The molecule has 0 aliphatic carbocycles. The summed E-state index contributed by atoms with van der Waals surface area (Å²) in [6.45, 7) is 10.6. The van der Waals surface area contributed by atoms with Gasteiger partial charge in [-0.25, -0.2) is 4.98 Å². The second-order valence-corrected chi connectivity index (χ2v) is 9.65. The molecule has 0 saturated carbocycles. The molecule has 2 aliphatic rings. The van der Waals surface area contributed by atoms with Crippen LogP contribution in [-0.2, 0) is 11.3 Å². The van der Waals surface area contributed by atoms with E-state index in [2.05, 4.69) is 52.9 Å². The van der Waals surface area contributed by atoms with E-state index in [1.807, 2.05) is 29.3 Å². The minimum absolute atomic E-state index is 0.200. The third kappa shape index (κ3) is 6.94. The molecular weight excluding hydrogens is 412 g/mol. The van der Waals surface area contributed by atoms with Crippen LogP contribution in [0.15, 0.2) is 48.7 Å². The molecule has 2 aliphatic heterocycles. The van der Waals surface area contributed by atoms with Crippen LogP contribution >= 0.6 is 0 Å². The maximum Gasteiger partial charge on any atom is 0.222 e. The quantitative estimate of drug-likeness (QED) is 0.603. The number of pyridine rings is 1. The summed E-state index contributed by atoms with van der Waals surface area (Å²) in [7, 11) is 0. The molecule has 1 aromatic carbocycles. The highest BCUT2D eigenvalue weighted by molar-refractivity contribution is 5.76. The number of piperidine rings is 1. The first-order valence-electron chi connectivity index (χ1n) is 12.5. The molecule has 0 radical (unpaired) electrons. The molecule has 4 rings (SSSR count). The van der Waals surface area contributed by atoms with E-state index in [0.29, 0.717) is 18.2 Å². The summed E-state index contributed by atoms with van der Waals surface area (Å²) in [5, 5.41) is 0. The minimum Gasteiger partial charge on any atom is -0.491 e. The third-order valence-electron chi connectivity index (χ3n) is 6.68. The van der Waals surface area contributed by atoms with Crippen LogP contribution in [0.4, 0.5) is 5.82 Å². The standard InChI is InChI=1S/C27H38N4O2/c1-22(2)33-25-11-8-24(9-12-25)21-29-15-5-6-23(20-29)10-13-27(32)31-18-16-30(17-19-31)26-7-3-4-14-28-26/h3-4,7-9,11-12,14,22-23H,5-6,10,13,15-21H2,1-2H3. The number of nitrogens with zero attached hydrogens (tertiary/aromatic N) is 4. The van der Waals surface area contributed by atoms with Crippen molar-refractivity contribution in [2.75, 3.05) is 44.2 Å². The smallest absolute Gasteiger partial charge is 0.222 e. The molecular formula is C27H38N4O2. The van der Waals surface area contributed by atoms with Crippen LogP contribution in [-0.4, -0.2) is 66.1 Å². The van der Waals surface area contributed by atoms with Gasteiger partial charge in [-0.3, -0.25) is 9.69 Å². The number of aromatic nitrogens is 1. The Hall–Kier alpha value is -2.60. The second kappa shape index (κ2) is 11.5. The van der Waals surface area contributed by atoms with Gasteiger partial charge < -0.3 is 14.5 Å². The van der Waals surface area contributed by atoms with Gasteiger partial charge in [0.25, 0.3) is 0 Å². The zero-order chi connectivity index (χ0) is 23.0. The largest absolute Gasteiger partial charge is 0.491 e. The fraction of sp³-hybridized carbons (Fsp3) is 0.556. The number of piperazine rings is 1. The van der Waals surface area contributed by atoms with Crippen molar-refractivity contribution < 1.29 is 9.53 Å². The maximum absolute atomic E-state index is 12.8. The van der Waals surface area contributed by atoms with Gasteiger partial charge in [-0.05, 0) is 75.4 Å². The predicted octanol–water partition coefficient (Wildman–Crippen LogP) is 4.21. The normalized spacial score (nSPS) is 19.7. The van der Waals surface area contributed by atoms with Crippen LogP contribution in [0.2, 0.25) is 0 Å². The summed E-state index contributed by atoms with van der Waals surface area (Å²) in [5.74, 6) is 2.87. The summed E-state index contributed by atoms with van der Waals surface area (Å²) in [5.41, 5.74) is 1.33. The molecule has 178 valence electrons. The number of carbonyl (C=O) groups excluding carboxylic acids is 1. The SMILES string of the molecule is CC(C)Oc1ccc(CN2CCCC(CCC(=O)N3CCN(c4ccccn4)CC3)C2)cc1. The van der Waals surface area contributed by atoms with Gasteiger partial charge in [0.2, 0.25) is 5.91 Å². The number of rotatable bonds is 8.